The van der Waals surface area contributed by atoms with Crippen molar-refractivity contribution in [1.82, 2.24) is 4.90 Å². The summed E-state index contributed by atoms with van der Waals surface area (Å²) in [6, 6.07) is 6.76. The van der Waals surface area contributed by atoms with Crippen molar-refractivity contribution in [3.05, 3.63) is 34.9 Å². The van der Waals surface area contributed by atoms with Gasteiger partial charge < -0.3 is 10.6 Å². The van der Waals surface area contributed by atoms with E-state index in [1.165, 1.54) is 49.0 Å². The molecule has 0 aromatic heterocycles. The summed E-state index contributed by atoms with van der Waals surface area (Å²) in [6.45, 7) is 10.1. The van der Waals surface area contributed by atoms with Crippen LogP contribution in [-0.2, 0) is 0 Å². The lowest BCUT2D eigenvalue weighted by molar-refractivity contribution is 0.173. The van der Waals surface area contributed by atoms with Crippen LogP contribution in [0.4, 0.5) is 0 Å². The Morgan fingerprint density at radius 1 is 1.26 bits per heavy atom. The number of piperidine rings is 1. The molecule has 0 bridgehead atoms. The molecule has 2 nitrogen and oxygen atoms in total. The minimum atomic E-state index is 0.152. The summed E-state index contributed by atoms with van der Waals surface area (Å²) >= 11 is 0. The summed E-state index contributed by atoms with van der Waals surface area (Å²) < 4.78 is 0. The second-order valence-corrected chi connectivity index (χ2v) is 6.12. The predicted molar refractivity (Wildman–Crippen MR) is 82.3 cm³/mol. The molecule has 1 heterocycles. The molecule has 1 aliphatic heterocycles. The Kier molecular flexibility index (Phi) is 5.00. The van der Waals surface area contributed by atoms with Crippen molar-refractivity contribution in [2.75, 3.05) is 19.6 Å². The molecule has 0 saturated carbocycles. The van der Waals surface area contributed by atoms with Crippen LogP contribution in [-0.4, -0.2) is 24.5 Å². The third-order valence-electron chi connectivity index (χ3n) is 4.56. The van der Waals surface area contributed by atoms with Crippen molar-refractivity contribution in [3.63, 3.8) is 0 Å². The molecule has 106 valence electrons. The molecule has 1 saturated heterocycles. The number of likely N-dealkylation sites (tertiary alicyclic amines) is 1. The van der Waals surface area contributed by atoms with Crippen molar-refractivity contribution >= 4 is 0 Å². The molecule has 1 aliphatic rings. The van der Waals surface area contributed by atoms with E-state index >= 15 is 0 Å². The average molecular weight is 260 g/mol. The van der Waals surface area contributed by atoms with Gasteiger partial charge in [-0.3, -0.25) is 0 Å². The maximum Gasteiger partial charge on any atom is 0.0426 e. The van der Waals surface area contributed by atoms with E-state index in [9.17, 15) is 0 Å². The highest BCUT2D eigenvalue weighted by molar-refractivity contribution is 5.32. The van der Waals surface area contributed by atoms with Crippen LogP contribution in [0.2, 0.25) is 0 Å². The molecule has 0 radical (unpaired) electrons. The minimum Gasteiger partial charge on any atom is -0.323 e. The summed E-state index contributed by atoms with van der Waals surface area (Å²) in [6.07, 6.45) is 4.02. The van der Waals surface area contributed by atoms with Gasteiger partial charge in [0, 0.05) is 12.6 Å². The van der Waals surface area contributed by atoms with E-state index in [1.54, 1.807) is 0 Å². The van der Waals surface area contributed by atoms with E-state index in [-0.39, 0.29) is 6.04 Å². The molecular formula is C17H28N2. The van der Waals surface area contributed by atoms with Crippen LogP contribution >= 0.6 is 0 Å². The van der Waals surface area contributed by atoms with Crippen LogP contribution in [0, 0.1) is 19.8 Å². The van der Waals surface area contributed by atoms with Gasteiger partial charge in [0.1, 0.15) is 0 Å². The van der Waals surface area contributed by atoms with Gasteiger partial charge >= 0.3 is 0 Å². The van der Waals surface area contributed by atoms with Gasteiger partial charge in [0.15, 0.2) is 0 Å². The first-order valence-electron chi connectivity index (χ1n) is 7.65. The van der Waals surface area contributed by atoms with Gasteiger partial charge in [-0.25, -0.2) is 0 Å². The molecule has 0 amide bonds. The lowest BCUT2D eigenvalue weighted by Gasteiger charge is -2.33. The van der Waals surface area contributed by atoms with Gasteiger partial charge in [-0.1, -0.05) is 37.1 Å². The monoisotopic (exact) mass is 260 g/mol. The maximum absolute atomic E-state index is 6.40. The first-order chi connectivity index (χ1) is 9.10. The summed E-state index contributed by atoms with van der Waals surface area (Å²) in [5.74, 6) is 0.939. The zero-order chi connectivity index (χ0) is 13.8. The highest BCUT2D eigenvalue weighted by Crippen LogP contribution is 2.23. The van der Waals surface area contributed by atoms with E-state index < -0.39 is 0 Å². The Morgan fingerprint density at radius 3 is 2.53 bits per heavy atom. The molecule has 0 aliphatic carbocycles. The molecule has 1 fully saturated rings. The number of nitrogens with zero attached hydrogens (tertiary/aromatic N) is 1. The molecular weight excluding hydrogens is 232 g/mol. The Labute approximate surface area is 118 Å². The summed E-state index contributed by atoms with van der Waals surface area (Å²) in [5.41, 5.74) is 10.4. The zero-order valence-corrected chi connectivity index (χ0v) is 12.7. The van der Waals surface area contributed by atoms with Gasteiger partial charge in [0.2, 0.25) is 0 Å². The third kappa shape index (κ3) is 3.80. The van der Waals surface area contributed by atoms with Gasteiger partial charge in [-0.2, -0.15) is 0 Å². The summed E-state index contributed by atoms with van der Waals surface area (Å²) in [7, 11) is 0. The fraction of sp³-hybridized carbons (Fsp3) is 0.647. The molecule has 2 rings (SSSR count). The van der Waals surface area contributed by atoms with Crippen LogP contribution in [0.1, 0.15) is 48.9 Å². The molecule has 19 heavy (non-hydrogen) atoms. The number of benzene rings is 1. The minimum absolute atomic E-state index is 0.152. The Balaban J connectivity index is 1.92. The predicted octanol–water partition coefficient (Wildman–Crippen LogP) is 3.43. The molecule has 1 atom stereocenters. The Hall–Kier alpha value is -0.860. The number of nitrogens with two attached hydrogens (primary N) is 1. The van der Waals surface area contributed by atoms with Crippen molar-refractivity contribution < 1.29 is 0 Å². The van der Waals surface area contributed by atoms with Crippen LogP contribution < -0.4 is 5.73 Å². The van der Waals surface area contributed by atoms with E-state index in [0.717, 1.165) is 12.5 Å². The molecule has 2 N–H and O–H groups in total. The normalized spacial score (nSPS) is 19.6. The largest absolute Gasteiger partial charge is 0.323 e. The topological polar surface area (TPSA) is 29.3 Å². The Bertz CT molecular complexity index is 406. The van der Waals surface area contributed by atoms with Crippen molar-refractivity contribution in [2.45, 2.75) is 46.1 Å². The van der Waals surface area contributed by atoms with Crippen LogP contribution in [0.25, 0.3) is 0 Å². The van der Waals surface area contributed by atoms with Crippen molar-refractivity contribution in [1.29, 1.82) is 0 Å². The highest BCUT2D eigenvalue weighted by Gasteiger charge is 2.20. The molecule has 1 aromatic carbocycles. The first kappa shape index (κ1) is 14.5. The second-order valence-electron chi connectivity index (χ2n) is 6.12. The molecule has 1 unspecified atom stereocenters. The smallest absolute Gasteiger partial charge is 0.0426 e. The first-order valence-corrected chi connectivity index (χ1v) is 7.65. The third-order valence-corrected chi connectivity index (χ3v) is 4.56. The fourth-order valence-electron chi connectivity index (χ4n) is 3.20. The summed E-state index contributed by atoms with van der Waals surface area (Å²) in [4.78, 5) is 2.54. The molecule has 0 spiro atoms. The number of aryl methyl sites for hydroxylation is 2. The second kappa shape index (κ2) is 6.53. The molecule has 2 heteroatoms. The lowest BCUT2D eigenvalue weighted by Crippen LogP contribution is -2.38. The lowest BCUT2D eigenvalue weighted by atomic mass is 9.93. The van der Waals surface area contributed by atoms with E-state index in [1.807, 2.05) is 0 Å². The van der Waals surface area contributed by atoms with Crippen LogP contribution in [0.5, 0.6) is 0 Å². The summed E-state index contributed by atoms with van der Waals surface area (Å²) in [5, 5.41) is 0. The highest BCUT2D eigenvalue weighted by atomic mass is 15.1. The zero-order valence-electron chi connectivity index (χ0n) is 12.7. The number of rotatable bonds is 4. The van der Waals surface area contributed by atoms with Crippen molar-refractivity contribution in [3.8, 4) is 0 Å². The fourth-order valence-corrected chi connectivity index (χ4v) is 3.20. The average Bonchev–Trinajstić information content (AvgIpc) is 2.39. The van der Waals surface area contributed by atoms with Gasteiger partial charge in [0.05, 0.1) is 0 Å². The quantitative estimate of drug-likeness (QED) is 0.898. The van der Waals surface area contributed by atoms with Gasteiger partial charge in [0.25, 0.3) is 0 Å². The van der Waals surface area contributed by atoms with E-state index in [0.29, 0.717) is 0 Å². The number of hydrogen-bond donors (Lipinski definition) is 1. The molecule has 1 aromatic rings. The Morgan fingerprint density at radius 2 is 1.95 bits per heavy atom. The van der Waals surface area contributed by atoms with Gasteiger partial charge in [-0.15, -0.1) is 0 Å². The van der Waals surface area contributed by atoms with Crippen LogP contribution in [0.3, 0.4) is 0 Å². The standard InChI is InChI=1S/C17H28N2/c1-4-15-7-9-19(10-8-15)12-17(18)16-6-5-13(2)11-14(16)3/h5-6,11,15,17H,4,7-10,12,18H2,1-3H3. The van der Waals surface area contributed by atoms with Crippen LogP contribution in [0.15, 0.2) is 18.2 Å². The van der Waals surface area contributed by atoms with E-state index in [4.69, 9.17) is 5.73 Å². The SMILES string of the molecule is CCC1CCN(CC(N)c2ccc(C)cc2C)CC1. The van der Waals surface area contributed by atoms with E-state index in [2.05, 4.69) is 43.9 Å². The maximum atomic E-state index is 6.40. The van der Waals surface area contributed by atoms with Crippen molar-refractivity contribution in [2.24, 2.45) is 11.7 Å². The van der Waals surface area contributed by atoms with Gasteiger partial charge in [-0.05, 0) is 56.8 Å². The number of hydrogen-bond acceptors (Lipinski definition) is 2.